The fraction of sp³-hybridized carbons (Fsp3) is 0.600. The number of nitrogens with two attached hydrogens (primary N) is 2. The van der Waals surface area contributed by atoms with Gasteiger partial charge in [-0.15, -0.1) is 0 Å². The Morgan fingerprint density at radius 1 is 1.75 bits per heavy atom. The summed E-state index contributed by atoms with van der Waals surface area (Å²) in [5.41, 5.74) is 8.65. The zero-order valence-corrected chi connectivity index (χ0v) is 7.29. The molecule has 0 aliphatic carbocycles. The van der Waals surface area contributed by atoms with Crippen LogP contribution < -0.4 is 17.6 Å². The Kier molecular flexibility index (Phi) is 74.4. The van der Waals surface area contributed by atoms with E-state index in [4.69, 9.17) is 7.54 Å². The van der Waals surface area contributed by atoms with Gasteiger partial charge in [-0.25, -0.2) is 0 Å². The van der Waals surface area contributed by atoms with Crippen LogP contribution in [0.2, 0.25) is 0 Å². The number of primary amides is 1. The van der Waals surface area contributed by atoms with Crippen LogP contribution in [0.25, 0.3) is 0 Å². The zero-order chi connectivity index (χ0) is 10.6. The van der Waals surface area contributed by atoms with Crippen molar-refractivity contribution in [2.75, 3.05) is 14.1 Å². The third kappa shape index (κ3) is 802. The molecule has 0 aromatic rings. The Hall–Kier alpha value is -1.18. The second kappa shape index (κ2) is 52.4. The summed E-state index contributed by atoms with van der Waals surface area (Å²) in [5.74, 6) is -0.245. The molecule has 0 heterocycles. The lowest BCUT2D eigenvalue weighted by Gasteiger charge is -1.80. The van der Waals surface area contributed by atoms with Crippen molar-refractivity contribution < 1.29 is 22.5 Å². The summed E-state index contributed by atoms with van der Waals surface area (Å²) in [5, 5.41) is 0. The highest BCUT2D eigenvalue weighted by molar-refractivity contribution is 5.65. The van der Waals surface area contributed by atoms with Crippen molar-refractivity contribution >= 4 is 12.4 Å². The number of ether oxygens (including phenoxy) is 1. The van der Waals surface area contributed by atoms with Crippen LogP contribution in [0, 0.1) is 0 Å². The molecule has 0 fully saturated rings. The largest absolute Gasteiger partial charge is 0.469 e. The number of carbonyl (C=O) groups excluding carboxylic acids is 2. The van der Waals surface area contributed by atoms with Crippen molar-refractivity contribution in [3.63, 3.8) is 0 Å². The summed E-state index contributed by atoms with van der Waals surface area (Å²) in [7, 11) is 1.35. The van der Waals surface area contributed by atoms with Crippen molar-refractivity contribution in [3.05, 3.63) is 0 Å². The van der Waals surface area contributed by atoms with Crippen LogP contribution in [0.5, 0.6) is 0 Å². The van der Waals surface area contributed by atoms with Gasteiger partial charge in [0.15, 0.2) is 0 Å². The van der Waals surface area contributed by atoms with Gasteiger partial charge < -0.3 is 27.8 Å². The first-order chi connectivity index (χ1) is 5.42. The zero-order valence-electron chi connectivity index (χ0n) is 9.29. The maximum absolute atomic E-state index is 9.59. The Balaban J connectivity index is -0.0000000278. The van der Waals surface area contributed by atoms with E-state index >= 15 is 0 Å². The minimum absolute atomic E-state index is 0. The second-order valence-corrected chi connectivity index (χ2v) is 0.814. The SMILES string of the molecule is COC(C)=O.N.O.[2H]C(N)=O.[2H]CN. The molecule has 0 spiro atoms. The first kappa shape index (κ1) is 17.1. The minimum atomic E-state index is -1.08. The molecule has 1 amide bonds. The summed E-state index contributed by atoms with van der Waals surface area (Å²) in [6.45, 7) is 1.36. The van der Waals surface area contributed by atoms with Gasteiger partial charge in [0.05, 0.1) is 7.11 Å². The molecule has 0 aromatic carbocycles. The lowest BCUT2D eigenvalue weighted by molar-refractivity contribution is -0.137. The monoisotopic (exact) mass is 187 g/mol. The second-order valence-electron chi connectivity index (χ2n) is 0.814. The van der Waals surface area contributed by atoms with Crippen LogP contribution in [-0.4, -0.2) is 32.0 Å². The molecule has 0 aromatic heterocycles. The predicted octanol–water partition coefficient (Wildman–Crippen LogP) is -1.81. The van der Waals surface area contributed by atoms with E-state index in [1.165, 1.54) is 14.0 Å². The van der Waals surface area contributed by atoms with E-state index in [-0.39, 0.29) is 24.6 Å². The summed E-state index contributed by atoms with van der Waals surface area (Å²) in [6, 6.07) is 0. The standard InChI is InChI=1S/C3H6O2.CH3NO.CH5N.H3N.H2O/c1-3(4)5-2;2-1-3;1-2;;/h1-2H3;1H,(H2,2,3);2H2,1H3;1H3;1H2/i;2*1D;;. The summed E-state index contributed by atoms with van der Waals surface area (Å²) >= 11 is 0. The average molecular weight is 187 g/mol. The van der Waals surface area contributed by atoms with E-state index in [0.29, 0.717) is 0 Å². The van der Waals surface area contributed by atoms with Gasteiger partial charge in [-0.1, -0.05) is 0 Å². The van der Waals surface area contributed by atoms with E-state index in [2.05, 4.69) is 16.2 Å². The average Bonchev–Trinajstić information content (AvgIpc) is 1.88. The van der Waals surface area contributed by atoms with Gasteiger partial charge in [0, 0.05) is 8.29 Å². The van der Waals surface area contributed by atoms with Crippen LogP contribution in [0.1, 0.15) is 9.67 Å². The molecule has 7 nitrogen and oxygen atoms in total. The Labute approximate surface area is 74.8 Å². The van der Waals surface area contributed by atoms with Crippen molar-refractivity contribution in [2.24, 2.45) is 11.5 Å². The van der Waals surface area contributed by atoms with E-state index in [0.717, 1.165) is 0 Å². The first-order valence-electron chi connectivity index (χ1n) is 3.42. The molecule has 12 heavy (non-hydrogen) atoms. The van der Waals surface area contributed by atoms with E-state index in [1.54, 1.807) is 0 Å². The maximum atomic E-state index is 9.59. The summed E-state index contributed by atoms with van der Waals surface area (Å²) < 4.78 is 15.8. The van der Waals surface area contributed by atoms with Crippen molar-refractivity contribution in [1.29, 1.82) is 0 Å². The van der Waals surface area contributed by atoms with Gasteiger partial charge >= 0.3 is 5.97 Å². The van der Waals surface area contributed by atoms with Crippen LogP contribution in [-0.2, 0) is 14.3 Å². The third-order valence-electron chi connectivity index (χ3n) is 0.287. The first-order valence-corrected chi connectivity index (χ1v) is 2.22. The number of hydrogen-bond acceptors (Lipinski definition) is 5. The molecule has 0 radical (unpaired) electrons. The molecule has 0 aliphatic rings. The molecule has 0 aliphatic heterocycles. The van der Waals surface area contributed by atoms with E-state index in [9.17, 15) is 4.79 Å². The molecule has 0 bridgehead atoms. The molecular formula is C5H19N3O4. The number of carbonyl (C=O) groups is 2. The molecule has 9 N–H and O–H groups in total. The van der Waals surface area contributed by atoms with Gasteiger partial charge in [0.1, 0.15) is 1.37 Å². The van der Waals surface area contributed by atoms with Crippen molar-refractivity contribution in [2.45, 2.75) is 6.92 Å². The highest BCUT2D eigenvalue weighted by Gasteiger charge is 1.75. The Morgan fingerprint density at radius 2 is 1.83 bits per heavy atom. The smallest absolute Gasteiger partial charge is 0.302 e. The third-order valence-corrected chi connectivity index (χ3v) is 0.287. The van der Waals surface area contributed by atoms with Crippen molar-refractivity contribution in [3.8, 4) is 0 Å². The summed E-state index contributed by atoms with van der Waals surface area (Å²) in [6.07, 6.45) is -1.08. The van der Waals surface area contributed by atoms with E-state index < -0.39 is 6.39 Å². The van der Waals surface area contributed by atoms with Gasteiger partial charge in [-0.2, -0.15) is 0 Å². The molecular weight excluding hydrogens is 166 g/mol. The maximum Gasteiger partial charge on any atom is 0.302 e. The van der Waals surface area contributed by atoms with Crippen LogP contribution in [0.15, 0.2) is 0 Å². The Bertz CT molecular complexity index is 122. The van der Waals surface area contributed by atoms with Gasteiger partial charge in [0.2, 0.25) is 6.39 Å². The highest BCUT2D eigenvalue weighted by atomic mass is 16.5. The number of methoxy groups -OCH3 is 1. The van der Waals surface area contributed by atoms with Gasteiger partial charge in [-0.3, -0.25) is 9.59 Å². The fourth-order valence-electron chi connectivity index (χ4n) is 0. The van der Waals surface area contributed by atoms with Crippen LogP contribution in [0.4, 0.5) is 0 Å². The molecule has 0 atom stereocenters. The number of hydrogen-bond donors (Lipinski definition) is 3. The number of rotatable bonds is 0. The predicted molar refractivity (Wildman–Crippen MR) is 46.7 cm³/mol. The molecule has 0 unspecified atom stereocenters. The molecule has 0 saturated carbocycles. The highest BCUT2D eigenvalue weighted by Crippen LogP contribution is 1.60. The molecule has 78 valence electrons. The number of esters is 1. The topological polar surface area (TPSA) is 162 Å². The summed E-state index contributed by atoms with van der Waals surface area (Å²) in [4.78, 5) is 18.5. The Morgan fingerprint density at radius 3 is 1.83 bits per heavy atom. The van der Waals surface area contributed by atoms with Crippen LogP contribution in [0.3, 0.4) is 0 Å². The quantitative estimate of drug-likeness (QED) is 0.300. The van der Waals surface area contributed by atoms with Crippen LogP contribution >= 0.6 is 0 Å². The number of amides is 1. The lowest BCUT2D eigenvalue weighted by Crippen LogP contribution is -1.88. The molecule has 0 rings (SSSR count). The van der Waals surface area contributed by atoms with Gasteiger partial charge in [-0.05, 0) is 7.02 Å². The normalized spacial score (nSPS) is 6.58. The minimum Gasteiger partial charge on any atom is -0.469 e. The lowest BCUT2D eigenvalue weighted by atomic mass is 10.8. The fourth-order valence-corrected chi connectivity index (χ4v) is 0. The van der Waals surface area contributed by atoms with E-state index in [1.807, 2.05) is 0 Å². The molecule has 0 saturated heterocycles. The molecule has 7 heteroatoms. The van der Waals surface area contributed by atoms with Gasteiger partial charge in [0.25, 0.3) is 0 Å². The van der Waals surface area contributed by atoms with Crippen molar-refractivity contribution in [1.82, 2.24) is 6.15 Å².